The molecular formula is C12H8BrF2NO2S. The lowest BCUT2D eigenvalue weighted by atomic mass is 10.2. The highest BCUT2D eigenvalue weighted by Gasteiger charge is 2.16. The molecule has 1 aromatic heterocycles. The average Bonchev–Trinajstić information content (AvgIpc) is 2.77. The van der Waals surface area contributed by atoms with E-state index >= 15 is 0 Å². The van der Waals surface area contributed by atoms with Crippen molar-refractivity contribution < 1.29 is 18.3 Å². The third-order valence-electron chi connectivity index (χ3n) is 2.28. The van der Waals surface area contributed by atoms with Crippen LogP contribution in [0.5, 0.6) is 0 Å². The number of nitrogens with two attached hydrogens (primary N) is 1. The van der Waals surface area contributed by atoms with E-state index in [1.54, 1.807) is 12.1 Å². The Morgan fingerprint density at radius 1 is 1.32 bits per heavy atom. The number of hydrogen-bond donors (Lipinski definition) is 1. The summed E-state index contributed by atoms with van der Waals surface area (Å²) in [6.07, 6.45) is 0. The number of carbonyl (C=O) groups is 1. The number of hydrogen-bond acceptors (Lipinski definition) is 4. The van der Waals surface area contributed by atoms with Crippen molar-refractivity contribution >= 4 is 38.9 Å². The highest BCUT2D eigenvalue weighted by atomic mass is 79.9. The van der Waals surface area contributed by atoms with Crippen molar-refractivity contribution in [2.75, 3.05) is 5.73 Å². The van der Waals surface area contributed by atoms with E-state index in [4.69, 9.17) is 10.5 Å². The molecule has 0 saturated carbocycles. The maximum atomic E-state index is 13.5. The summed E-state index contributed by atoms with van der Waals surface area (Å²) in [6.45, 7) is 0.000531. The van der Waals surface area contributed by atoms with Gasteiger partial charge in [0.25, 0.3) is 0 Å². The Balaban J connectivity index is 2.10. The Morgan fingerprint density at radius 2 is 2.05 bits per heavy atom. The van der Waals surface area contributed by atoms with Crippen LogP contribution in [0.4, 0.5) is 14.5 Å². The lowest BCUT2D eigenvalue weighted by molar-refractivity contribution is 0.0471. The second-order valence-corrected chi connectivity index (χ2v) is 6.18. The fourth-order valence-corrected chi connectivity index (χ4v) is 2.76. The van der Waals surface area contributed by atoms with Crippen LogP contribution < -0.4 is 5.73 Å². The number of carbonyl (C=O) groups excluding carboxylic acids is 1. The topological polar surface area (TPSA) is 52.3 Å². The van der Waals surface area contributed by atoms with E-state index in [1.165, 1.54) is 11.3 Å². The Bertz CT molecular complexity index is 630. The van der Waals surface area contributed by atoms with Gasteiger partial charge in [0.15, 0.2) is 0 Å². The van der Waals surface area contributed by atoms with E-state index in [2.05, 4.69) is 15.9 Å². The van der Waals surface area contributed by atoms with Crippen molar-refractivity contribution in [3.8, 4) is 0 Å². The first-order valence-electron chi connectivity index (χ1n) is 5.13. The van der Waals surface area contributed by atoms with Gasteiger partial charge in [-0.05, 0) is 34.1 Å². The van der Waals surface area contributed by atoms with Gasteiger partial charge >= 0.3 is 5.97 Å². The van der Waals surface area contributed by atoms with Gasteiger partial charge in [0, 0.05) is 10.9 Å². The maximum Gasteiger partial charge on any atom is 0.341 e. The zero-order valence-electron chi connectivity index (χ0n) is 9.45. The molecule has 0 bridgehead atoms. The largest absolute Gasteiger partial charge is 0.456 e. The van der Waals surface area contributed by atoms with Gasteiger partial charge in [-0.2, -0.15) is 0 Å². The van der Waals surface area contributed by atoms with Gasteiger partial charge in [-0.1, -0.05) is 0 Å². The van der Waals surface area contributed by atoms with Crippen LogP contribution in [-0.2, 0) is 11.3 Å². The zero-order chi connectivity index (χ0) is 14.0. The summed E-state index contributed by atoms with van der Waals surface area (Å²) < 4.78 is 32.4. The van der Waals surface area contributed by atoms with Gasteiger partial charge < -0.3 is 10.5 Å². The van der Waals surface area contributed by atoms with Crippen LogP contribution in [0.3, 0.4) is 0 Å². The molecule has 0 aliphatic carbocycles. The van der Waals surface area contributed by atoms with E-state index in [0.717, 1.165) is 20.8 Å². The van der Waals surface area contributed by atoms with Crippen molar-refractivity contribution in [2.24, 2.45) is 0 Å². The summed E-state index contributed by atoms with van der Waals surface area (Å²) in [4.78, 5) is 12.4. The van der Waals surface area contributed by atoms with E-state index < -0.39 is 23.2 Å². The van der Waals surface area contributed by atoms with E-state index in [0.29, 0.717) is 0 Å². The minimum absolute atomic E-state index is 0.000531. The number of benzene rings is 1. The molecule has 2 N–H and O–H groups in total. The summed E-state index contributed by atoms with van der Waals surface area (Å²) in [7, 11) is 0. The Hall–Kier alpha value is -1.47. The second-order valence-electron chi connectivity index (χ2n) is 3.64. The van der Waals surface area contributed by atoms with Crippen molar-refractivity contribution in [1.29, 1.82) is 0 Å². The summed E-state index contributed by atoms with van der Waals surface area (Å²) >= 11 is 4.65. The average molecular weight is 348 g/mol. The molecule has 1 aromatic carbocycles. The normalized spacial score (nSPS) is 10.5. The summed E-state index contributed by atoms with van der Waals surface area (Å²) in [5, 5.41) is 0. The van der Waals surface area contributed by atoms with Crippen molar-refractivity contribution in [3.05, 3.63) is 50.1 Å². The molecule has 0 amide bonds. The number of halogens is 3. The van der Waals surface area contributed by atoms with E-state index in [9.17, 15) is 13.6 Å². The fourth-order valence-electron chi connectivity index (χ4n) is 1.36. The smallest absolute Gasteiger partial charge is 0.341 e. The summed E-state index contributed by atoms with van der Waals surface area (Å²) in [6, 6.07) is 5.06. The van der Waals surface area contributed by atoms with Crippen LogP contribution in [-0.4, -0.2) is 5.97 Å². The lowest BCUT2D eigenvalue weighted by Crippen LogP contribution is -2.08. The van der Waals surface area contributed by atoms with Gasteiger partial charge in [0.05, 0.1) is 15.0 Å². The second kappa shape index (κ2) is 5.66. The minimum Gasteiger partial charge on any atom is -0.456 e. The van der Waals surface area contributed by atoms with Crippen molar-refractivity contribution in [1.82, 2.24) is 0 Å². The van der Waals surface area contributed by atoms with Crippen LogP contribution >= 0.6 is 27.3 Å². The maximum absolute atomic E-state index is 13.5. The molecule has 0 atom stereocenters. The highest BCUT2D eigenvalue weighted by Crippen LogP contribution is 2.23. The van der Waals surface area contributed by atoms with Gasteiger partial charge in [-0.25, -0.2) is 13.6 Å². The Kier molecular flexibility index (Phi) is 4.16. The number of ether oxygens (including phenoxy) is 1. The number of esters is 1. The molecule has 1 heterocycles. The number of rotatable bonds is 3. The van der Waals surface area contributed by atoms with Crippen molar-refractivity contribution in [2.45, 2.75) is 6.61 Å². The van der Waals surface area contributed by atoms with E-state index in [1.807, 2.05) is 0 Å². The predicted molar refractivity (Wildman–Crippen MR) is 71.9 cm³/mol. The van der Waals surface area contributed by atoms with Crippen molar-refractivity contribution in [3.63, 3.8) is 0 Å². The molecular weight excluding hydrogens is 340 g/mol. The van der Waals surface area contributed by atoms with Crippen LogP contribution in [0.15, 0.2) is 28.1 Å². The molecule has 19 heavy (non-hydrogen) atoms. The van der Waals surface area contributed by atoms with Crippen LogP contribution in [0, 0.1) is 11.6 Å². The third-order valence-corrected chi connectivity index (χ3v) is 3.88. The minimum atomic E-state index is -0.930. The molecule has 2 rings (SSSR count). The van der Waals surface area contributed by atoms with Gasteiger partial charge in [-0.15, -0.1) is 11.3 Å². The van der Waals surface area contributed by atoms with Crippen LogP contribution in [0.2, 0.25) is 0 Å². The monoisotopic (exact) mass is 347 g/mol. The van der Waals surface area contributed by atoms with Gasteiger partial charge in [0.1, 0.15) is 18.2 Å². The molecule has 3 nitrogen and oxygen atoms in total. The molecule has 0 aliphatic heterocycles. The van der Waals surface area contributed by atoms with Gasteiger partial charge in [-0.3, -0.25) is 0 Å². The quantitative estimate of drug-likeness (QED) is 0.679. The van der Waals surface area contributed by atoms with Crippen LogP contribution in [0.25, 0.3) is 0 Å². The van der Waals surface area contributed by atoms with E-state index in [-0.39, 0.29) is 12.3 Å². The molecule has 0 radical (unpaired) electrons. The first-order chi connectivity index (χ1) is 8.97. The van der Waals surface area contributed by atoms with Crippen LogP contribution in [0.1, 0.15) is 15.2 Å². The molecule has 0 saturated heterocycles. The number of anilines is 1. The SMILES string of the molecule is Nc1cc(F)c(C(=O)OCc2ccc(Br)s2)cc1F. The first kappa shape index (κ1) is 14.0. The molecule has 0 unspecified atom stereocenters. The first-order valence-corrected chi connectivity index (χ1v) is 6.74. The highest BCUT2D eigenvalue weighted by molar-refractivity contribution is 9.11. The van der Waals surface area contributed by atoms with Gasteiger partial charge in [0.2, 0.25) is 0 Å². The predicted octanol–water partition coefficient (Wildman–Crippen LogP) is 3.73. The summed E-state index contributed by atoms with van der Waals surface area (Å²) in [5.41, 5.74) is 4.37. The molecule has 0 fully saturated rings. The fraction of sp³-hybridized carbons (Fsp3) is 0.0833. The molecule has 100 valence electrons. The Labute approximate surface area is 120 Å². The number of thiophene rings is 1. The Morgan fingerprint density at radius 3 is 2.68 bits per heavy atom. The lowest BCUT2D eigenvalue weighted by Gasteiger charge is -2.05. The molecule has 2 aromatic rings. The molecule has 0 aliphatic rings. The third kappa shape index (κ3) is 3.30. The number of nitrogen functional groups attached to an aromatic ring is 1. The standard InChI is InChI=1S/C12H8BrF2NO2S/c13-11-2-1-6(19-11)5-18-12(17)7-3-9(15)10(16)4-8(7)14/h1-4H,5,16H2. The summed E-state index contributed by atoms with van der Waals surface area (Å²) in [5.74, 6) is -2.69. The molecule has 0 spiro atoms. The zero-order valence-corrected chi connectivity index (χ0v) is 11.9. The molecule has 7 heteroatoms.